The third-order valence-corrected chi connectivity index (χ3v) is 5.45. The van der Waals surface area contributed by atoms with Crippen LogP contribution in [0.25, 0.3) is 22.4 Å². The number of nitrogens with one attached hydrogen (secondary N) is 1. The molecule has 0 saturated heterocycles. The van der Waals surface area contributed by atoms with Crippen LogP contribution in [0.4, 0.5) is 5.69 Å². The van der Waals surface area contributed by atoms with E-state index in [2.05, 4.69) is 20.3 Å². The average molecular weight is 441 g/mol. The van der Waals surface area contributed by atoms with E-state index in [0.717, 1.165) is 39.1 Å². The zero-order chi connectivity index (χ0) is 23.7. The number of aromatic nitrogens is 4. The van der Waals surface area contributed by atoms with Gasteiger partial charge in [0.15, 0.2) is 5.82 Å². The van der Waals surface area contributed by atoms with E-state index >= 15 is 0 Å². The van der Waals surface area contributed by atoms with Gasteiger partial charge in [0.25, 0.3) is 11.8 Å². The van der Waals surface area contributed by atoms with Gasteiger partial charge in [-0.3, -0.25) is 14.6 Å². The fraction of sp³-hybridized carbons (Fsp3) is 0.200. The molecule has 0 fully saturated rings. The molecule has 3 aromatic heterocycles. The third kappa shape index (κ3) is 4.27. The molecule has 1 N–H and O–H groups in total. The van der Waals surface area contributed by atoms with Crippen LogP contribution in [0.5, 0.6) is 0 Å². The summed E-state index contributed by atoms with van der Waals surface area (Å²) in [5.41, 5.74) is 6.64. The van der Waals surface area contributed by atoms with Gasteiger partial charge in [-0.2, -0.15) is 0 Å². The van der Waals surface area contributed by atoms with Gasteiger partial charge in [0.05, 0.1) is 11.7 Å². The zero-order valence-corrected chi connectivity index (χ0v) is 19.2. The summed E-state index contributed by atoms with van der Waals surface area (Å²) in [6.45, 7) is 5.89. The van der Waals surface area contributed by atoms with Crippen LogP contribution in [-0.4, -0.2) is 45.8 Å². The van der Waals surface area contributed by atoms with Crippen LogP contribution in [0, 0.1) is 20.8 Å². The number of nitrogens with zero attached hydrogens (tertiary/aromatic N) is 5. The minimum atomic E-state index is -0.344. The lowest BCUT2D eigenvalue weighted by Gasteiger charge is -2.20. The lowest BCUT2D eigenvalue weighted by molar-refractivity contribution is 0.0958. The normalized spacial score (nSPS) is 10.8. The van der Waals surface area contributed by atoms with E-state index in [1.165, 1.54) is 19.3 Å². The third-order valence-electron chi connectivity index (χ3n) is 5.45. The molecule has 0 aliphatic carbocycles. The summed E-state index contributed by atoms with van der Waals surface area (Å²) in [4.78, 5) is 44.2. The smallest absolute Gasteiger partial charge is 0.269 e. The Morgan fingerprint density at radius 2 is 1.73 bits per heavy atom. The van der Waals surface area contributed by atoms with Crippen molar-refractivity contribution in [1.29, 1.82) is 0 Å². The van der Waals surface area contributed by atoms with E-state index in [1.807, 2.05) is 45.0 Å². The maximum absolute atomic E-state index is 13.1. The van der Waals surface area contributed by atoms with Crippen LogP contribution >= 0.6 is 0 Å². The van der Waals surface area contributed by atoms with Crippen LogP contribution in [0.15, 0.2) is 48.8 Å². The number of aryl methyl sites for hydroxylation is 3. The molecule has 1 aromatic carbocycles. The summed E-state index contributed by atoms with van der Waals surface area (Å²) in [5.74, 6) is 0.0190. The van der Waals surface area contributed by atoms with E-state index in [-0.39, 0.29) is 17.5 Å². The Kier molecular flexibility index (Phi) is 5.83. The maximum atomic E-state index is 13.1. The number of anilines is 1. The molecular weight excluding hydrogens is 416 g/mol. The second-order valence-electron chi connectivity index (χ2n) is 7.88. The van der Waals surface area contributed by atoms with E-state index in [0.29, 0.717) is 11.4 Å². The highest BCUT2D eigenvalue weighted by Gasteiger charge is 2.18. The van der Waals surface area contributed by atoms with E-state index in [4.69, 9.17) is 4.98 Å². The number of amides is 2. The highest BCUT2D eigenvalue weighted by Crippen LogP contribution is 2.27. The van der Waals surface area contributed by atoms with Crippen LogP contribution in [0.1, 0.15) is 37.7 Å². The predicted octanol–water partition coefficient (Wildman–Crippen LogP) is 3.65. The molecule has 166 valence electrons. The topological polar surface area (TPSA) is 101 Å². The highest BCUT2D eigenvalue weighted by atomic mass is 16.2. The van der Waals surface area contributed by atoms with Gasteiger partial charge in [0.2, 0.25) is 0 Å². The molecule has 2 amide bonds. The van der Waals surface area contributed by atoms with Gasteiger partial charge < -0.3 is 10.2 Å². The minimum absolute atomic E-state index is 0.192. The lowest BCUT2D eigenvalue weighted by atomic mass is 10.1. The van der Waals surface area contributed by atoms with E-state index in [9.17, 15) is 9.59 Å². The standard InChI is InChI=1S/C25H24N6O2/c1-14-11-17(23-28-13-20-22(30-23)15(2)10-16(3)29-20)6-7-21(14)31(5)25(33)18-8-9-27-19(12-18)24(32)26-4/h6-13H,1-5H3,(H,26,32). The maximum Gasteiger partial charge on any atom is 0.269 e. The molecule has 0 bridgehead atoms. The molecule has 4 rings (SSSR count). The number of fused-ring (bicyclic) bond motifs is 1. The Labute approximate surface area is 191 Å². The summed E-state index contributed by atoms with van der Waals surface area (Å²) in [7, 11) is 3.22. The van der Waals surface area contributed by atoms with Gasteiger partial charge in [0, 0.05) is 42.8 Å². The summed E-state index contributed by atoms with van der Waals surface area (Å²) in [5, 5.41) is 2.51. The number of hydrogen-bond donors (Lipinski definition) is 1. The van der Waals surface area contributed by atoms with Crippen molar-refractivity contribution in [3.8, 4) is 11.4 Å². The number of hydrogen-bond acceptors (Lipinski definition) is 6. The number of rotatable bonds is 4. The summed E-state index contributed by atoms with van der Waals surface area (Å²) in [6, 6.07) is 10.8. The first kappa shape index (κ1) is 22.0. The summed E-state index contributed by atoms with van der Waals surface area (Å²) in [6.07, 6.45) is 3.20. The van der Waals surface area contributed by atoms with E-state index in [1.54, 1.807) is 24.2 Å². The van der Waals surface area contributed by atoms with Crippen molar-refractivity contribution in [2.45, 2.75) is 20.8 Å². The molecule has 33 heavy (non-hydrogen) atoms. The highest BCUT2D eigenvalue weighted by molar-refractivity contribution is 6.07. The Morgan fingerprint density at radius 3 is 2.45 bits per heavy atom. The number of carbonyl (C=O) groups is 2. The molecule has 0 saturated carbocycles. The quantitative estimate of drug-likeness (QED) is 0.520. The summed E-state index contributed by atoms with van der Waals surface area (Å²) >= 11 is 0. The van der Waals surface area contributed by atoms with Crippen LogP contribution in [0.2, 0.25) is 0 Å². The SMILES string of the molecule is CNC(=O)c1cc(C(=O)N(C)c2ccc(-c3ncc4nc(C)cc(C)c4n3)cc2C)ccn1. The van der Waals surface area contributed by atoms with Gasteiger partial charge in [-0.1, -0.05) is 0 Å². The molecule has 8 nitrogen and oxygen atoms in total. The van der Waals surface area contributed by atoms with Gasteiger partial charge >= 0.3 is 0 Å². The van der Waals surface area contributed by atoms with Gasteiger partial charge in [-0.05, 0) is 68.3 Å². The molecule has 3 heterocycles. The minimum Gasteiger partial charge on any atom is -0.354 e. The first-order chi connectivity index (χ1) is 15.8. The van der Waals surface area contributed by atoms with Gasteiger partial charge in [0.1, 0.15) is 11.2 Å². The second-order valence-corrected chi connectivity index (χ2v) is 7.88. The summed E-state index contributed by atoms with van der Waals surface area (Å²) < 4.78 is 0. The number of pyridine rings is 2. The van der Waals surface area contributed by atoms with Gasteiger partial charge in [-0.15, -0.1) is 0 Å². The molecule has 4 aromatic rings. The Morgan fingerprint density at radius 1 is 0.939 bits per heavy atom. The molecule has 0 aliphatic rings. The Balaban J connectivity index is 1.64. The van der Waals surface area contributed by atoms with Crippen LogP contribution in [0.3, 0.4) is 0 Å². The Bertz CT molecular complexity index is 1400. The molecular formula is C25H24N6O2. The molecule has 0 spiro atoms. The molecule has 0 radical (unpaired) electrons. The van der Waals surface area contributed by atoms with E-state index < -0.39 is 0 Å². The Hall–Kier alpha value is -4.20. The largest absolute Gasteiger partial charge is 0.354 e. The monoisotopic (exact) mass is 440 g/mol. The van der Waals surface area contributed by atoms with Crippen LogP contribution in [-0.2, 0) is 0 Å². The van der Waals surface area contributed by atoms with Crippen molar-refractivity contribution in [3.05, 3.63) is 76.9 Å². The average Bonchev–Trinajstić information content (AvgIpc) is 2.82. The molecule has 0 unspecified atom stereocenters. The first-order valence-corrected chi connectivity index (χ1v) is 10.5. The second kappa shape index (κ2) is 8.74. The fourth-order valence-corrected chi connectivity index (χ4v) is 3.78. The predicted molar refractivity (Wildman–Crippen MR) is 127 cm³/mol. The molecule has 0 atom stereocenters. The fourth-order valence-electron chi connectivity index (χ4n) is 3.78. The number of carbonyl (C=O) groups excluding carboxylic acids is 2. The van der Waals surface area contributed by atoms with Crippen molar-refractivity contribution >= 4 is 28.5 Å². The number of benzene rings is 1. The van der Waals surface area contributed by atoms with Crippen LogP contribution < -0.4 is 10.2 Å². The van der Waals surface area contributed by atoms with Crippen molar-refractivity contribution in [1.82, 2.24) is 25.3 Å². The zero-order valence-electron chi connectivity index (χ0n) is 19.2. The van der Waals surface area contributed by atoms with Crippen molar-refractivity contribution < 1.29 is 9.59 Å². The van der Waals surface area contributed by atoms with Crippen molar-refractivity contribution in [2.75, 3.05) is 19.0 Å². The lowest BCUT2D eigenvalue weighted by Crippen LogP contribution is -2.28. The van der Waals surface area contributed by atoms with Crippen molar-refractivity contribution in [3.63, 3.8) is 0 Å². The molecule has 8 heteroatoms. The first-order valence-electron chi connectivity index (χ1n) is 10.5. The van der Waals surface area contributed by atoms with Gasteiger partial charge in [-0.25, -0.2) is 15.0 Å². The molecule has 0 aliphatic heterocycles. The van der Waals surface area contributed by atoms with Crippen molar-refractivity contribution in [2.24, 2.45) is 0 Å².